The number of hydrogen-bond acceptors (Lipinski definition) is 7. The molecule has 0 fully saturated rings. The first kappa shape index (κ1) is 23.1. The summed E-state index contributed by atoms with van der Waals surface area (Å²) >= 11 is 0. The third-order valence-corrected chi connectivity index (χ3v) is 5.90. The number of aromatic nitrogens is 5. The van der Waals surface area contributed by atoms with Crippen LogP contribution in [-0.4, -0.2) is 42.4 Å². The summed E-state index contributed by atoms with van der Waals surface area (Å²) in [6, 6.07) is 0. The Morgan fingerprint density at radius 2 is 1.76 bits per heavy atom. The van der Waals surface area contributed by atoms with Gasteiger partial charge in [0.1, 0.15) is 12.2 Å². The van der Waals surface area contributed by atoms with Gasteiger partial charge < -0.3 is 9.05 Å². The highest BCUT2D eigenvalue weighted by Gasteiger charge is 2.55. The number of aryl methyl sites for hydroxylation is 1. The first-order valence-corrected chi connectivity index (χ1v) is 10.4. The number of hydrogen-bond donors (Lipinski definition) is 1. The molecule has 0 radical (unpaired) electrons. The van der Waals surface area contributed by atoms with E-state index in [1.165, 1.54) is 47.0 Å². The van der Waals surface area contributed by atoms with Gasteiger partial charge in [-0.15, -0.1) is 5.10 Å². The Kier molecular flexibility index (Phi) is 6.92. The van der Waals surface area contributed by atoms with Crippen LogP contribution in [0.15, 0.2) is 22.0 Å². The Morgan fingerprint density at radius 3 is 2.31 bits per heavy atom. The molecule has 2 heterocycles. The van der Waals surface area contributed by atoms with Crippen LogP contribution in [0.4, 0.5) is 8.78 Å². The van der Waals surface area contributed by atoms with E-state index in [4.69, 9.17) is 9.05 Å². The predicted molar refractivity (Wildman–Crippen MR) is 100 cm³/mol. The summed E-state index contributed by atoms with van der Waals surface area (Å²) in [6.07, 6.45) is 1.03. The second-order valence-electron chi connectivity index (χ2n) is 7.08. The molecule has 0 saturated carbocycles. The van der Waals surface area contributed by atoms with Crippen molar-refractivity contribution >= 4 is 7.60 Å². The van der Waals surface area contributed by atoms with E-state index in [1.807, 2.05) is 0 Å². The van der Waals surface area contributed by atoms with Crippen molar-refractivity contribution in [2.45, 2.75) is 65.6 Å². The van der Waals surface area contributed by atoms with E-state index in [2.05, 4.69) is 15.3 Å². The van der Waals surface area contributed by atoms with Crippen LogP contribution in [0, 0.1) is 6.92 Å². The van der Waals surface area contributed by atoms with Crippen LogP contribution in [0.5, 0.6) is 0 Å². The summed E-state index contributed by atoms with van der Waals surface area (Å²) < 4.78 is 54.2. The number of aromatic amines is 1. The topological polar surface area (TPSA) is 121 Å². The minimum Gasteiger partial charge on any atom is -0.302 e. The highest BCUT2D eigenvalue weighted by atomic mass is 31.2. The van der Waals surface area contributed by atoms with Crippen LogP contribution in [-0.2, 0) is 26.7 Å². The van der Waals surface area contributed by atoms with Gasteiger partial charge in [-0.3, -0.25) is 18.9 Å². The molecule has 0 saturated heterocycles. The Bertz CT molecular complexity index is 1000. The standard InChI is InChI=1S/C16H24F2N5O5P/c1-10(2)27-29(26,28-11(3)4)16(17,18)9-23-8-13(20-21-23)7-22-6-12(5)14(24)19-15(22)25/h6,8,10-11H,7,9H2,1-5H3,(H,19,24,25). The van der Waals surface area contributed by atoms with Gasteiger partial charge in [-0.25, -0.2) is 9.48 Å². The summed E-state index contributed by atoms with van der Waals surface area (Å²) in [5, 5.41) is 7.36. The van der Waals surface area contributed by atoms with E-state index < -0.39 is 43.3 Å². The molecule has 2 rings (SSSR count). The lowest BCUT2D eigenvalue weighted by Gasteiger charge is -2.29. The van der Waals surface area contributed by atoms with E-state index in [0.29, 0.717) is 5.56 Å². The monoisotopic (exact) mass is 435 g/mol. The minimum atomic E-state index is -4.79. The molecule has 2 aromatic rings. The van der Waals surface area contributed by atoms with Crippen LogP contribution in [0.25, 0.3) is 0 Å². The molecule has 2 aromatic heterocycles. The number of H-pyrrole nitrogens is 1. The fourth-order valence-electron chi connectivity index (χ4n) is 2.41. The molecule has 0 aromatic carbocycles. The molecule has 0 unspecified atom stereocenters. The maximum atomic E-state index is 14.8. The third-order valence-electron chi connectivity index (χ3n) is 3.56. The molecular formula is C16H24F2N5O5P. The van der Waals surface area contributed by atoms with Crippen molar-refractivity contribution in [3.63, 3.8) is 0 Å². The zero-order valence-corrected chi connectivity index (χ0v) is 17.7. The van der Waals surface area contributed by atoms with Gasteiger partial charge in [-0.05, 0) is 34.6 Å². The summed E-state index contributed by atoms with van der Waals surface area (Å²) in [5.41, 5.74) is -4.54. The summed E-state index contributed by atoms with van der Waals surface area (Å²) in [4.78, 5) is 25.4. The largest absolute Gasteiger partial charge is 0.402 e. The van der Waals surface area contributed by atoms with Gasteiger partial charge in [-0.1, -0.05) is 5.21 Å². The third kappa shape index (κ3) is 5.68. The molecule has 1 N–H and O–H groups in total. The first-order chi connectivity index (χ1) is 13.3. The zero-order valence-electron chi connectivity index (χ0n) is 16.8. The van der Waals surface area contributed by atoms with Crippen molar-refractivity contribution in [1.82, 2.24) is 24.5 Å². The molecule has 0 amide bonds. The van der Waals surface area contributed by atoms with E-state index in [9.17, 15) is 22.9 Å². The maximum Gasteiger partial charge on any atom is 0.402 e. The average molecular weight is 435 g/mol. The van der Waals surface area contributed by atoms with Crippen molar-refractivity contribution in [2.75, 3.05) is 0 Å². The van der Waals surface area contributed by atoms with Crippen molar-refractivity contribution in [1.29, 1.82) is 0 Å². The molecule has 10 nitrogen and oxygen atoms in total. The highest BCUT2D eigenvalue weighted by Crippen LogP contribution is 2.63. The van der Waals surface area contributed by atoms with Crippen molar-refractivity contribution in [2.24, 2.45) is 0 Å². The zero-order chi connectivity index (χ0) is 22.0. The van der Waals surface area contributed by atoms with E-state index in [-0.39, 0.29) is 12.2 Å². The van der Waals surface area contributed by atoms with Crippen LogP contribution in [0.3, 0.4) is 0 Å². The lowest BCUT2D eigenvalue weighted by atomic mass is 10.4. The molecule has 0 bridgehead atoms. The lowest BCUT2D eigenvalue weighted by molar-refractivity contribution is 0.00517. The Hall–Kier alpha value is -2.17. The highest BCUT2D eigenvalue weighted by molar-refractivity contribution is 7.55. The number of rotatable bonds is 9. The average Bonchev–Trinajstić information content (AvgIpc) is 2.97. The van der Waals surface area contributed by atoms with Gasteiger partial charge in [-0.2, -0.15) is 8.78 Å². The van der Waals surface area contributed by atoms with Gasteiger partial charge in [0.2, 0.25) is 0 Å². The van der Waals surface area contributed by atoms with Crippen LogP contribution < -0.4 is 11.2 Å². The molecule has 13 heteroatoms. The fraction of sp³-hybridized carbons (Fsp3) is 0.625. The lowest BCUT2D eigenvalue weighted by Crippen LogP contribution is -2.31. The molecule has 0 spiro atoms. The Balaban J connectivity index is 2.23. The maximum absolute atomic E-state index is 14.8. The Labute approximate surface area is 165 Å². The molecule has 0 atom stereocenters. The molecule has 0 aliphatic rings. The molecule has 162 valence electrons. The van der Waals surface area contributed by atoms with E-state index in [0.717, 1.165) is 9.25 Å². The van der Waals surface area contributed by atoms with Crippen LogP contribution in [0.1, 0.15) is 39.0 Å². The van der Waals surface area contributed by atoms with E-state index >= 15 is 0 Å². The molecule has 0 aliphatic heterocycles. The van der Waals surface area contributed by atoms with Gasteiger partial charge in [0.25, 0.3) is 5.56 Å². The minimum absolute atomic E-state index is 0.0926. The number of nitrogens with one attached hydrogen (secondary N) is 1. The molecular weight excluding hydrogens is 411 g/mol. The van der Waals surface area contributed by atoms with Crippen molar-refractivity contribution in [3.05, 3.63) is 44.5 Å². The Morgan fingerprint density at radius 1 is 1.17 bits per heavy atom. The number of halogens is 2. The molecule has 0 aliphatic carbocycles. The SMILES string of the molecule is Cc1cn(Cc2cn(CC(F)(F)P(=O)(OC(C)C)OC(C)C)nn2)c(=O)[nH]c1=O. The van der Waals surface area contributed by atoms with E-state index in [1.54, 1.807) is 0 Å². The molecule has 29 heavy (non-hydrogen) atoms. The predicted octanol–water partition coefficient (Wildman–Crippen LogP) is 2.12. The van der Waals surface area contributed by atoms with Gasteiger partial charge in [0, 0.05) is 11.8 Å². The summed E-state index contributed by atoms with van der Waals surface area (Å²) in [5.74, 6) is 0. The van der Waals surface area contributed by atoms with Crippen molar-refractivity contribution < 1.29 is 22.4 Å². The van der Waals surface area contributed by atoms with Crippen molar-refractivity contribution in [3.8, 4) is 0 Å². The number of nitrogens with zero attached hydrogens (tertiary/aromatic N) is 4. The normalized spacial score (nSPS) is 12.9. The fourth-order valence-corrected chi connectivity index (χ4v) is 4.20. The van der Waals surface area contributed by atoms with Gasteiger partial charge >= 0.3 is 18.9 Å². The van der Waals surface area contributed by atoms with Gasteiger partial charge in [0.05, 0.1) is 24.9 Å². The number of alkyl halides is 2. The first-order valence-electron chi connectivity index (χ1n) is 8.87. The summed E-state index contributed by atoms with van der Waals surface area (Å²) in [7, 11) is -4.79. The van der Waals surface area contributed by atoms with Gasteiger partial charge in [0.15, 0.2) is 0 Å². The quantitative estimate of drug-likeness (QED) is 0.599. The second-order valence-corrected chi connectivity index (χ2v) is 9.15. The summed E-state index contributed by atoms with van der Waals surface area (Å²) in [6.45, 7) is 6.25. The van der Waals surface area contributed by atoms with Crippen LogP contribution >= 0.6 is 7.60 Å². The second kappa shape index (κ2) is 8.68. The van der Waals surface area contributed by atoms with Crippen LogP contribution in [0.2, 0.25) is 0 Å². The smallest absolute Gasteiger partial charge is 0.302 e.